The standard InChI is InChI=1S/C24H27N3O3S2/c28-32(29,30)18-19-7-8-20-10-14-27(15-11-22(20)17-19)13-4-16-31-24-25-12-9-23(26-24)21-5-2-1-3-6-21/h1-3,5-9,12,17H,4,10-11,13-16,18H2,(H,28,29,30). The fourth-order valence-corrected chi connectivity index (χ4v) is 5.34. The molecular formula is C24H27N3O3S2. The molecule has 3 aromatic rings. The Labute approximate surface area is 193 Å². The average molecular weight is 470 g/mol. The molecule has 0 saturated heterocycles. The van der Waals surface area contributed by atoms with Gasteiger partial charge < -0.3 is 4.90 Å². The Bertz CT molecular complexity index is 1150. The summed E-state index contributed by atoms with van der Waals surface area (Å²) in [5, 5.41) is 0.806. The molecule has 168 valence electrons. The van der Waals surface area contributed by atoms with Crippen LogP contribution in [0.25, 0.3) is 11.3 Å². The van der Waals surface area contributed by atoms with E-state index in [0.717, 1.165) is 61.1 Å². The van der Waals surface area contributed by atoms with Gasteiger partial charge in [-0.25, -0.2) is 9.97 Å². The van der Waals surface area contributed by atoms with Crippen LogP contribution < -0.4 is 0 Å². The van der Waals surface area contributed by atoms with E-state index in [4.69, 9.17) is 4.55 Å². The SMILES string of the molecule is O=S(=O)(O)Cc1ccc2c(c1)CCN(CCCSc1nccc(-c3ccccc3)n1)CC2. The molecule has 1 N–H and O–H groups in total. The third-order valence-corrected chi connectivity index (χ3v) is 7.21. The first-order valence-corrected chi connectivity index (χ1v) is 13.4. The summed E-state index contributed by atoms with van der Waals surface area (Å²) < 4.78 is 31.4. The molecule has 0 fully saturated rings. The minimum atomic E-state index is -4.00. The maximum atomic E-state index is 11.2. The molecule has 0 radical (unpaired) electrons. The van der Waals surface area contributed by atoms with E-state index in [2.05, 4.69) is 27.0 Å². The molecule has 1 aliphatic rings. The largest absolute Gasteiger partial charge is 0.303 e. The first kappa shape index (κ1) is 22.9. The molecule has 0 amide bonds. The Balaban J connectivity index is 1.26. The van der Waals surface area contributed by atoms with Gasteiger partial charge in [-0.1, -0.05) is 60.3 Å². The Morgan fingerprint density at radius 1 is 1.00 bits per heavy atom. The Morgan fingerprint density at radius 3 is 2.56 bits per heavy atom. The highest BCUT2D eigenvalue weighted by Gasteiger charge is 2.16. The van der Waals surface area contributed by atoms with Crippen LogP contribution in [0.5, 0.6) is 0 Å². The van der Waals surface area contributed by atoms with Crippen molar-refractivity contribution in [3.05, 3.63) is 77.5 Å². The van der Waals surface area contributed by atoms with Gasteiger partial charge in [-0.3, -0.25) is 4.55 Å². The zero-order valence-corrected chi connectivity index (χ0v) is 19.5. The summed E-state index contributed by atoms with van der Waals surface area (Å²) in [6.45, 7) is 2.96. The number of fused-ring (bicyclic) bond motifs is 1. The van der Waals surface area contributed by atoms with Crippen molar-refractivity contribution in [1.82, 2.24) is 14.9 Å². The number of hydrogen-bond acceptors (Lipinski definition) is 6. The van der Waals surface area contributed by atoms with Gasteiger partial charge in [0.05, 0.1) is 5.69 Å². The Morgan fingerprint density at radius 2 is 1.78 bits per heavy atom. The lowest BCUT2D eigenvalue weighted by molar-refractivity contribution is 0.289. The fraction of sp³-hybridized carbons (Fsp3) is 0.333. The number of aromatic nitrogens is 2. The van der Waals surface area contributed by atoms with Crippen LogP contribution >= 0.6 is 11.8 Å². The second kappa shape index (κ2) is 10.6. The second-order valence-electron chi connectivity index (χ2n) is 7.96. The van der Waals surface area contributed by atoms with Crippen molar-refractivity contribution >= 4 is 21.9 Å². The van der Waals surface area contributed by atoms with Crippen LogP contribution in [0.15, 0.2) is 66.0 Å². The van der Waals surface area contributed by atoms with Crippen molar-refractivity contribution < 1.29 is 13.0 Å². The molecule has 0 unspecified atom stereocenters. The number of thioether (sulfide) groups is 1. The summed E-state index contributed by atoms with van der Waals surface area (Å²) in [5.74, 6) is 0.634. The lowest BCUT2D eigenvalue weighted by atomic mass is 10.0. The van der Waals surface area contributed by atoms with Crippen molar-refractivity contribution in [1.29, 1.82) is 0 Å². The molecule has 1 aliphatic heterocycles. The van der Waals surface area contributed by atoms with Gasteiger partial charge in [-0.05, 0) is 48.6 Å². The molecule has 0 spiro atoms. The zero-order valence-electron chi connectivity index (χ0n) is 17.9. The quantitative estimate of drug-likeness (QED) is 0.230. The normalized spacial score (nSPS) is 14.7. The third kappa shape index (κ3) is 6.62. The maximum absolute atomic E-state index is 11.2. The lowest BCUT2D eigenvalue weighted by Gasteiger charge is -2.19. The van der Waals surface area contributed by atoms with Crippen LogP contribution in [0.3, 0.4) is 0 Å². The topological polar surface area (TPSA) is 83.4 Å². The van der Waals surface area contributed by atoms with Crippen LogP contribution in [0, 0.1) is 0 Å². The van der Waals surface area contributed by atoms with Crippen molar-refractivity contribution in [2.45, 2.75) is 30.2 Å². The lowest BCUT2D eigenvalue weighted by Crippen LogP contribution is -2.27. The van der Waals surface area contributed by atoms with E-state index in [9.17, 15) is 8.42 Å². The van der Waals surface area contributed by atoms with E-state index in [1.54, 1.807) is 11.8 Å². The van der Waals surface area contributed by atoms with Crippen molar-refractivity contribution in [2.24, 2.45) is 0 Å². The minimum absolute atomic E-state index is 0.325. The molecule has 6 nitrogen and oxygen atoms in total. The van der Waals surface area contributed by atoms with Crippen LogP contribution in [0.4, 0.5) is 0 Å². The van der Waals surface area contributed by atoms with E-state index in [1.165, 1.54) is 11.1 Å². The molecule has 32 heavy (non-hydrogen) atoms. The molecule has 1 aromatic heterocycles. The van der Waals surface area contributed by atoms with Gasteiger partial charge in [0.25, 0.3) is 10.1 Å². The van der Waals surface area contributed by atoms with E-state index in [-0.39, 0.29) is 5.75 Å². The highest BCUT2D eigenvalue weighted by Crippen LogP contribution is 2.22. The van der Waals surface area contributed by atoms with Gasteiger partial charge in [-0.2, -0.15) is 8.42 Å². The summed E-state index contributed by atoms with van der Waals surface area (Å²) in [5.41, 5.74) is 5.15. The van der Waals surface area contributed by atoms with Crippen LogP contribution in [0.2, 0.25) is 0 Å². The number of hydrogen-bond donors (Lipinski definition) is 1. The number of rotatable bonds is 8. The Hall–Kier alpha value is -2.26. The molecular weight excluding hydrogens is 442 g/mol. The highest BCUT2D eigenvalue weighted by molar-refractivity contribution is 7.99. The van der Waals surface area contributed by atoms with E-state index >= 15 is 0 Å². The smallest absolute Gasteiger partial charge is 0.269 e. The molecule has 0 aliphatic carbocycles. The first-order chi connectivity index (χ1) is 15.5. The highest BCUT2D eigenvalue weighted by atomic mass is 32.2. The van der Waals surface area contributed by atoms with E-state index in [0.29, 0.717) is 5.56 Å². The predicted molar refractivity (Wildman–Crippen MR) is 128 cm³/mol. The van der Waals surface area contributed by atoms with E-state index in [1.807, 2.05) is 48.7 Å². The maximum Gasteiger partial charge on any atom is 0.269 e. The number of benzene rings is 2. The molecule has 0 bridgehead atoms. The van der Waals surface area contributed by atoms with Gasteiger partial charge in [0.1, 0.15) is 5.75 Å². The van der Waals surface area contributed by atoms with Crippen molar-refractivity contribution in [3.8, 4) is 11.3 Å². The van der Waals surface area contributed by atoms with Crippen LogP contribution in [-0.2, 0) is 28.7 Å². The zero-order chi connectivity index (χ0) is 22.4. The average Bonchev–Trinajstić information content (AvgIpc) is 2.98. The summed E-state index contributed by atoms with van der Waals surface area (Å²) >= 11 is 1.69. The van der Waals surface area contributed by atoms with Gasteiger partial charge in [-0.15, -0.1) is 0 Å². The fourth-order valence-electron chi connectivity index (χ4n) is 3.98. The monoisotopic (exact) mass is 469 g/mol. The van der Waals surface area contributed by atoms with Gasteiger partial charge in [0, 0.05) is 30.6 Å². The van der Waals surface area contributed by atoms with Crippen molar-refractivity contribution in [3.63, 3.8) is 0 Å². The van der Waals surface area contributed by atoms with E-state index < -0.39 is 10.1 Å². The molecule has 0 atom stereocenters. The van der Waals surface area contributed by atoms with Gasteiger partial charge in [0.2, 0.25) is 0 Å². The molecule has 0 saturated carbocycles. The predicted octanol–water partition coefficient (Wildman–Crippen LogP) is 4.11. The number of nitrogens with zero attached hydrogens (tertiary/aromatic N) is 3. The van der Waals surface area contributed by atoms with Gasteiger partial charge in [0.15, 0.2) is 5.16 Å². The summed E-state index contributed by atoms with van der Waals surface area (Å²) in [6, 6.07) is 17.8. The van der Waals surface area contributed by atoms with Crippen LogP contribution in [0.1, 0.15) is 23.1 Å². The summed E-state index contributed by atoms with van der Waals surface area (Å²) in [7, 11) is -4.00. The first-order valence-electron chi connectivity index (χ1n) is 10.8. The molecule has 8 heteroatoms. The third-order valence-electron chi connectivity index (χ3n) is 5.57. The van der Waals surface area contributed by atoms with Gasteiger partial charge >= 0.3 is 0 Å². The molecule has 4 rings (SSSR count). The molecule has 2 heterocycles. The summed E-state index contributed by atoms with van der Waals surface area (Å²) in [4.78, 5) is 11.5. The molecule has 2 aromatic carbocycles. The Kier molecular flexibility index (Phi) is 7.57. The summed E-state index contributed by atoms with van der Waals surface area (Å²) in [6.07, 6.45) is 4.72. The van der Waals surface area contributed by atoms with Crippen LogP contribution in [-0.4, -0.2) is 53.2 Å². The second-order valence-corrected chi connectivity index (χ2v) is 10.5. The van der Waals surface area contributed by atoms with Crippen molar-refractivity contribution in [2.75, 3.05) is 25.4 Å². The minimum Gasteiger partial charge on any atom is -0.303 e.